The highest BCUT2D eigenvalue weighted by molar-refractivity contribution is 9.08. The largest absolute Gasteiger partial charge is 0.361 e. The summed E-state index contributed by atoms with van der Waals surface area (Å²) in [4.78, 5) is 11.9. The average molecular weight is 295 g/mol. The lowest BCUT2D eigenvalue weighted by atomic mass is 10.2. The molecule has 2 aromatic rings. The molecule has 0 bridgehead atoms. The quantitative estimate of drug-likeness (QED) is 0.885. The molecule has 0 saturated carbocycles. The van der Waals surface area contributed by atoms with Crippen LogP contribution in [-0.4, -0.2) is 11.1 Å². The maximum absolute atomic E-state index is 11.9. The van der Waals surface area contributed by atoms with Gasteiger partial charge in [0.1, 0.15) is 11.3 Å². The highest BCUT2D eigenvalue weighted by atomic mass is 79.9. The number of hydrogen-bond donors (Lipinski definition) is 1. The maximum atomic E-state index is 11.9. The molecule has 1 aromatic heterocycles. The minimum atomic E-state index is -0.213. The molecule has 0 aliphatic carbocycles. The predicted octanol–water partition coefficient (Wildman–Crippen LogP) is 3.13. The zero-order valence-corrected chi connectivity index (χ0v) is 10.8. The van der Waals surface area contributed by atoms with Crippen LogP contribution in [0.25, 0.3) is 0 Å². The number of anilines is 1. The lowest BCUT2D eigenvalue weighted by Gasteiger charge is -2.05. The van der Waals surface area contributed by atoms with Gasteiger partial charge >= 0.3 is 0 Å². The number of halogens is 1. The second kappa shape index (κ2) is 5.14. The second-order valence-electron chi connectivity index (χ2n) is 3.58. The van der Waals surface area contributed by atoms with E-state index in [2.05, 4.69) is 26.4 Å². The van der Waals surface area contributed by atoms with E-state index < -0.39 is 0 Å². The lowest BCUT2D eigenvalue weighted by Crippen LogP contribution is -2.12. The highest BCUT2D eigenvalue weighted by Crippen LogP contribution is 2.15. The van der Waals surface area contributed by atoms with Crippen LogP contribution in [0.1, 0.15) is 21.7 Å². The molecule has 0 spiro atoms. The molecular formula is C12H11BrN2O2. The zero-order chi connectivity index (χ0) is 12.3. The van der Waals surface area contributed by atoms with Crippen molar-refractivity contribution in [2.24, 2.45) is 0 Å². The summed E-state index contributed by atoms with van der Waals surface area (Å²) in [7, 11) is 0. The van der Waals surface area contributed by atoms with E-state index in [0.29, 0.717) is 11.3 Å². The number of carbonyl (C=O) groups excluding carboxylic acids is 1. The van der Waals surface area contributed by atoms with Crippen LogP contribution in [0, 0.1) is 6.92 Å². The van der Waals surface area contributed by atoms with Crippen molar-refractivity contribution in [2.75, 3.05) is 5.32 Å². The molecule has 2 rings (SSSR count). The van der Waals surface area contributed by atoms with E-state index in [1.165, 1.54) is 6.20 Å². The van der Waals surface area contributed by atoms with E-state index in [4.69, 9.17) is 4.52 Å². The normalized spacial score (nSPS) is 10.2. The van der Waals surface area contributed by atoms with Gasteiger partial charge in [-0.05, 0) is 24.6 Å². The monoisotopic (exact) mass is 294 g/mol. The SMILES string of the molecule is Cc1oncc1C(=O)Nc1cccc(CBr)c1. The molecule has 5 heteroatoms. The van der Waals surface area contributed by atoms with Crippen LogP contribution in [0.15, 0.2) is 35.0 Å². The number of rotatable bonds is 3. The molecule has 4 nitrogen and oxygen atoms in total. The molecule has 0 aliphatic rings. The number of hydrogen-bond acceptors (Lipinski definition) is 3. The average Bonchev–Trinajstić information content (AvgIpc) is 2.76. The summed E-state index contributed by atoms with van der Waals surface area (Å²) in [5.41, 5.74) is 2.31. The first-order valence-electron chi connectivity index (χ1n) is 5.08. The Labute approximate surface area is 107 Å². The Morgan fingerprint density at radius 1 is 1.53 bits per heavy atom. The maximum Gasteiger partial charge on any atom is 0.260 e. The minimum absolute atomic E-state index is 0.213. The van der Waals surface area contributed by atoms with Crippen LogP contribution in [-0.2, 0) is 5.33 Å². The van der Waals surface area contributed by atoms with Crippen LogP contribution < -0.4 is 5.32 Å². The number of alkyl halides is 1. The number of carbonyl (C=O) groups is 1. The molecule has 0 radical (unpaired) electrons. The predicted molar refractivity (Wildman–Crippen MR) is 68.3 cm³/mol. The Hall–Kier alpha value is -1.62. The standard InChI is InChI=1S/C12H11BrN2O2/c1-8-11(7-14-17-8)12(16)15-10-4-2-3-9(5-10)6-13/h2-5,7H,6H2,1H3,(H,15,16). The van der Waals surface area contributed by atoms with E-state index in [9.17, 15) is 4.79 Å². The fourth-order valence-electron chi connectivity index (χ4n) is 1.45. The number of nitrogens with one attached hydrogen (secondary N) is 1. The van der Waals surface area contributed by atoms with E-state index in [0.717, 1.165) is 16.6 Å². The van der Waals surface area contributed by atoms with Crippen molar-refractivity contribution in [3.05, 3.63) is 47.3 Å². The van der Waals surface area contributed by atoms with Crippen LogP contribution in [0.3, 0.4) is 0 Å². The Balaban J connectivity index is 2.16. The lowest BCUT2D eigenvalue weighted by molar-refractivity contribution is 0.102. The summed E-state index contributed by atoms with van der Waals surface area (Å²) in [6.07, 6.45) is 1.42. The van der Waals surface area contributed by atoms with Gasteiger partial charge in [0.2, 0.25) is 0 Å². The molecule has 1 N–H and O–H groups in total. The molecule has 0 aliphatic heterocycles. The van der Waals surface area contributed by atoms with Crippen molar-refractivity contribution in [3.63, 3.8) is 0 Å². The third-order valence-electron chi connectivity index (χ3n) is 2.33. The number of aryl methyl sites for hydroxylation is 1. The molecule has 17 heavy (non-hydrogen) atoms. The zero-order valence-electron chi connectivity index (χ0n) is 9.24. The molecule has 0 saturated heterocycles. The fraction of sp³-hybridized carbons (Fsp3) is 0.167. The number of amides is 1. The van der Waals surface area contributed by atoms with Gasteiger partial charge in [0, 0.05) is 11.0 Å². The molecule has 1 heterocycles. The van der Waals surface area contributed by atoms with Gasteiger partial charge in [0.05, 0.1) is 6.20 Å². The van der Waals surface area contributed by atoms with Gasteiger partial charge in [-0.3, -0.25) is 4.79 Å². The van der Waals surface area contributed by atoms with Gasteiger partial charge in [-0.15, -0.1) is 0 Å². The number of benzene rings is 1. The summed E-state index contributed by atoms with van der Waals surface area (Å²) in [6.45, 7) is 1.71. The summed E-state index contributed by atoms with van der Waals surface area (Å²) in [6, 6.07) is 7.63. The molecule has 0 fully saturated rings. The van der Waals surface area contributed by atoms with Crippen molar-refractivity contribution in [1.82, 2.24) is 5.16 Å². The van der Waals surface area contributed by atoms with Gasteiger partial charge in [-0.25, -0.2) is 0 Å². The fourth-order valence-corrected chi connectivity index (χ4v) is 1.80. The van der Waals surface area contributed by atoms with Crippen molar-refractivity contribution < 1.29 is 9.32 Å². The second-order valence-corrected chi connectivity index (χ2v) is 4.14. The van der Waals surface area contributed by atoms with E-state index in [-0.39, 0.29) is 5.91 Å². The minimum Gasteiger partial charge on any atom is -0.361 e. The van der Waals surface area contributed by atoms with Crippen molar-refractivity contribution in [2.45, 2.75) is 12.3 Å². The van der Waals surface area contributed by atoms with Crippen LogP contribution in [0.5, 0.6) is 0 Å². The van der Waals surface area contributed by atoms with Crippen molar-refractivity contribution in [3.8, 4) is 0 Å². The summed E-state index contributed by atoms with van der Waals surface area (Å²) >= 11 is 3.37. The third kappa shape index (κ3) is 2.74. The van der Waals surface area contributed by atoms with Gasteiger partial charge in [0.25, 0.3) is 5.91 Å². The van der Waals surface area contributed by atoms with Gasteiger partial charge < -0.3 is 9.84 Å². The Morgan fingerprint density at radius 2 is 2.35 bits per heavy atom. The summed E-state index contributed by atoms with van der Waals surface area (Å²) in [5, 5.41) is 7.13. The number of aromatic nitrogens is 1. The smallest absolute Gasteiger partial charge is 0.260 e. The van der Waals surface area contributed by atoms with Gasteiger partial charge in [-0.1, -0.05) is 33.2 Å². The van der Waals surface area contributed by atoms with Crippen LogP contribution in [0.2, 0.25) is 0 Å². The summed E-state index contributed by atoms with van der Waals surface area (Å²) < 4.78 is 4.85. The Kier molecular flexibility index (Phi) is 3.58. The first kappa shape index (κ1) is 11.9. The third-order valence-corrected chi connectivity index (χ3v) is 2.98. The van der Waals surface area contributed by atoms with Gasteiger partial charge in [0.15, 0.2) is 0 Å². The Bertz CT molecular complexity index is 537. The van der Waals surface area contributed by atoms with E-state index in [1.807, 2.05) is 24.3 Å². The highest BCUT2D eigenvalue weighted by Gasteiger charge is 2.12. The molecular weight excluding hydrogens is 284 g/mol. The first-order chi connectivity index (χ1) is 8.20. The number of nitrogens with zero attached hydrogens (tertiary/aromatic N) is 1. The van der Waals surface area contributed by atoms with Crippen molar-refractivity contribution in [1.29, 1.82) is 0 Å². The molecule has 88 valence electrons. The Morgan fingerprint density at radius 3 is 3.00 bits per heavy atom. The van der Waals surface area contributed by atoms with Crippen LogP contribution >= 0.6 is 15.9 Å². The van der Waals surface area contributed by atoms with Crippen molar-refractivity contribution >= 4 is 27.5 Å². The molecule has 0 atom stereocenters. The van der Waals surface area contributed by atoms with Crippen LogP contribution in [0.4, 0.5) is 5.69 Å². The van der Waals surface area contributed by atoms with E-state index in [1.54, 1.807) is 6.92 Å². The first-order valence-corrected chi connectivity index (χ1v) is 6.20. The molecule has 0 unspecified atom stereocenters. The van der Waals surface area contributed by atoms with Gasteiger partial charge in [-0.2, -0.15) is 0 Å². The molecule has 1 aromatic carbocycles. The van der Waals surface area contributed by atoms with E-state index >= 15 is 0 Å². The molecule has 1 amide bonds. The topological polar surface area (TPSA) is 55.1 Å². The summed E-state index contributed by atoms with van der Waals surface area (Å²) in [5.74, 6) is 0.301.